The number of ketones is 1. The van der Waals surface area contributed by atoms with Crippen LogP contribution in [-0.2, 0) is 11.3 Å². The van der Waals surface area contributed by atoms with Crippen LogP contribution in [-0.4, -0.2) is 23.7 Å². The zero-order valence-electron chi connectivity index (χ0n) is 16.5. The first-order valence-electron chi connectivity index (χ1n) is 9.24. The third-order valence-corrected chi connectivity index (χ3v) is 4.74. The molecule has 1 N–H and O–H groups in total. The molecule has 0 saturated carbocycles. The summed E-state index contributed by atoms with van der Waals surface area (Å²) in [4.78, 5) is 36.4. The summed E-state index contributed by atoms with van der Waals surface area (Å²) in [5, 5.41) is 14.0. The van der Waals surface area contributed by atoms with E-state index >= 15 is 0 Å². The number of hydrogen-bond donors (Lipinski definition) is 1. The zero-order valence-corrected chi connectivity index (χ0v) is 16.5. The highest BCUT2D eigenvalue weighted by molar-refractivity contribution is 6.14. The Bertz CT molecular complexity index is 1120. The molecule has 0 unspecified atom stereocenters. The van der Waals surface area contributed by atoms with Crippen LogP contribution in [0.15, 0.2) is 66.7 Å². The maximum absolute atomic E-state index is 13.0. The van der Waals surface area contributed by atoms with Gasteiger partial charge in [0.2, 0.25) is 0 Å². The minimum atomic E-state index is -0.636. The Morgan fingerprint density at radius 1 is 1.00 bits per heavy atom. The van der Waals surface area contributed by atoms with E-state index < -0.39 is 16.7 Å². The van der Waals surface area contributed by atoms with Crippen molar-refractivity contribution in [2.45, 2.75) is 13.5 Å². The smallest absolute Gasteiger partial charge is 0.339 e. The lowest BCUT2D eigenvalue weighted by Gasteiger charge is -2.11. The monoisotopic (exact) mass is 404 g/mol. The molecule has 0 spiro atoms. The van der Waals surface area contributed by atoms with Crippen LogP contribution in [0.25, 0.3) is 0 Å². The fourth-order valence-electron chi connectivity index (χ4n) is 3.04. The summed E-state index contributed by atoms with van der Waals surface area (Å²) >= 11 is 0. The minimum absolute atomic E-state index is 0.0797. The van der Waals surface area contributed by atoms with Gasteiger partial charge in [-0.1, -0.05) is 42.5 Å². The SMILES string of the molecule is CNc1ccc(C(=O)c2ccccc2C(=O)OCc2ccccc2C)cc1[N+](=O)[O-]. The van der Waals surface area contributed by atoms with E-state index in [-0.39, 0.29) is 29.0 Å². The number of ether oxygens (including phenoxy) is 1. The van der Waals surface area contributed by atoms with E-state index in [4.69, 9.17) is 4.74 Å². The first-order valence-corrected chi connectivity index (χ1v) is 9.24. The Morgan fingerprint density at radius 3 is 2.33 bits per heavy atom. The van der Waals surface area contributed by atoms with E-state index in [0.717, 1.165) is 11.1 Å². The second-order valence-electron chi connectivity index (χ2n) is 6.62. The lowest BCUT2D eigenvalue weighted by molar-refractivity contribution is -0.384. The number of carbonyl (C=O) groups excluding carboxylic acids is 2. The molecule has 0 radical (unpaired) electrons. The van der Waals surface area contributed by atoms with Crippen molar-refractivity contribution in [3.8, 4) is 0 Å². The van der Waals surface area contributed by atoms with Crippen LogP contribution >= 0.6 is 0 Å². The quantitative estimate of drug-likeness (QED) is 0.269. The van der Waals surface area contributed by atoms with Crippen molar-refractivity contribution >= 4 is 23.1 Å². The number of nitrogens with one attached hydrogen (secondary N) is 1. The molecule has 0 fully saturated rings. The van der Waals surface area contributed by atoms with Crippen molar-refractivity contribution in [1.29, 1.82) is 0 Å². The van der Waals surface area contributed by atoms with Crippen LogP contribution in [0.1, 0.15) is 37.4 Å². The molecule has 0 amide bonds. The van der Waals surface area contributed by atoms with Crippen molar-refractivity contribution in [1.82, 2.24) is 0 Å². The number of nitrogens with zero attached hydrogens (tertiary/aromatic N) is 1. The fraction of sp³-hybridized carbons (Fsp3) is 0.130. The van der Waals surface area contributed by atoms with Gasteiger partial charge in [0.05, 0.1) is 10.5 Å². The van der Waals surface area contributed by atoms with E-state index in [1.807, 2.05) is 31.2 Å². The molecule has 3 aromatic rings. The van der Waals surface area contributed by atoms with Gasteiger partial charge in [-0.25, -0.2) is 4.79 Å². The van der Waals surface area contributed by atoms with E-state index in [0.29, 0.717) is 5.69 Å². The van der Waals surface area contributed by atoms with Gasteiger partial charge < -0.3 is 10.1 Å². The molecule has 3 aromatic carbocycles. The molecule has 3 rings (SSSR count). The van der Waals surface area contributed by atoms with Crippen LogP contribution in [0.3, 0.4) is 0 Å². The molecular formula is C23H20N2O5. The van der Waals surface area contributed by atoms with Crippen molar-refractivity contribution < 1.29 is 19.2 Å². The first kappa shape index (κ1) is 20.7. The molecular weight excluding hydrogens is 384 g/mol. The molecule has 0 aliphatic rings. The van der Waals surface area contributed by atoms with Crippen LogP contribution in [0.5, 0.6) is 0 Å². The molecule has 7 nitrogen and oxygen atoms in total. The highest BCUT2D eigenvalue weighted by Gasteiger charge is 2.22. The highest BCUT2D eigenvalue weighted by Crippen LogP contribution is 2.27. The van der Waals surface area contributed by atoms with Gasteiger partial charge in [0.25, 0.3) is 5.69 Å². The Labute approximate surface area is 173 Å². The number of anilines is 1. The minimum Gasteiger partial charge on any atom is -0.457 e. The second-order valence-corrected chi connectivity index (χ2v) is 6.62. The summed E-state index contributed by atoms with van der Waals surface area (Å²) in [6.07, 6.45) is 0. The summed E-state index contributed by atoms with van der Waals surface area (Å²) in [6.45, 7) is 2.00. The van der Waals surface area contributed by atoms with Gasteiger partial charge in [-0.3, -0.25) is 14.9 Å². The maximum atomic E-state index is 13.0. The van der Waals surface area contributed by atoms with Crippen LogP contribution in [0.4, 0.5) is 11.4 Å². The van der Waals surface area contributed by atoms with E-state index in [1.165, 1.54) is 30.3 Å². The standard InChI is InChI=1S/C23H20N2O5/c1-15-7-3-4-8-17(15)14-30-23(27)19-10-6-5-9-18(19)22(26)16-11-12-20(24-2)21(13-16)25(28)29/h3-13,24H,14H2,1-2H3. The number of carbonyl (C=O) groups is 2. The maximum Gasteiger partial charge on any atom is 0.339 e. The average molecular weight is 404 g/mol. The molecule has 0 aromatic heterocycles. The van der Waals surface area contributed by atoms with E-state index in [1.54, 1.807) is 19.2 Å². The predicted molar refractivity (Wildman–Crippen MR) is 113 cm³/mol. The number of nitro groups is 1. The van der Waals surface area contributed by atoms with Gasteiger partial charge in [0, 0.05) is 24.2 Å². The van der Waals surface area contributed by atoms with Gasteiger partial charge in [-0.2, -0.15) is 0 Å². The molecule has 0 aliphatic heterocycles. The van der Waals surface area contributed by atoms with Crippen LogP contribution < -0.4 is 5.32 Å². The van der Waals surface area contributed by atoms with Gasteiger partial charge >= 0.3 is 5.97 Å². The van der Waals surface area contributed by atoms with Gasteiger partial charge in [-0.15, -0.1) is 0 Å². The third kappa shape index (κ3) is 4.35. The topological polar surface area (TPSA) is 98.5 Å². The highest BCUT2D eigenvalue weighted by atomic mass is 16.6. The number of hydrogen-bond acceptors (Lipinski definition) is 6. The summed E-state index contributed by atoms with van der Waals surface area (Å²) in [5.74, 6) is -1.13. The zero-order chi connectivity index (χ0) is 21.7. The van der Waals surface area contributed by atoms with Crippen molar-refractivity contribution in [2.75, 3.05) is 12.4 Å². The second kappa shape index (κ2) is 9.00. The Morgan fingerprint density at radius 2 is 1.67 bits per heavy atom. The largest absolute Gasteiger partial charge is 0.457 e. The molecule has 0 aliphatic carbocycles. The number of aryl methyl sites for hydroxylation is 1. The lowest BCUT2D eigenvalue weighted by atomic mass is 9.97. The normalized spacial score (nSPS) is 10.3. The number of nitro benzene ring substituents is 1. The molecule has 0 atom stereocenters. The first-order chi connectivity index (χ1) is 14.4. The van der Waals surface area contributed by atoms with Crippen molar-refractivity contribution in [3.05, 3.63) is 105 Å². The summed E-state index contributed by atoms with van der Waals surface area (Å²) < 4.78 is 5.41. The predicted octanol–water partition coefficient (Wildman–Crippen LogP) is 4.53. The molecule has 152 valence electrons. The van der Waals surface area contributed by atoms with Gasteiger partial charge in [0.15, 0.2) is 5.78 Å². The van der Waals surface area contributed by atoms with Crippen molar-refractivity contribution in [2.24, 2.45) is 0 Å². The Hall–Kier alpha value is -4.00. The lowest BCUT2D eigenvalue weighted by Crippen LogP contribution is -2.13. The number of esters is 1. The van der Waals surface area contributed by atoms with E-state index in [2.05, 4.69) is 5.32 Å². The third-order valence-electron chi connectivity index (χ3n) is 4.74. The number of benzene rings is 3. The molecule has 0 saturated heterocycles. The fourth-order valence-corrected chi connectivity index (χ4v) is 3.04. The van der Waals surface area contributed by atoms with Crippen LogP contribution in [0, 0.1) is 17.0 Å². The Kier molecular flexibility index (Phi) is 6.22. The number of rotatable bonds is 7. The van der Waals surface area contributed by atoms with Crippen molar-refractivity contribution in [3.63, 3.8) is 0 Å². The molecule has 0 heterocycles. The molecule has 0 bridgehead atoms. The summed E-state index contributed by atoms with van der Waals surface area (Å²) in [6, 6.07) is 17.9. The van der Waals surface area contributed by atoms with Crippen LogP contribution in [0.2, 0.25) is 0 Å². The summed E-state index contributed by atoms with van der Waals surface area (Å²) in [5.41, 5.74) is 2.28. The van der Waals surface area contributed by atoms with Gasteiger partial charge in [0.1, 0.15) is 12.3 Å². The molecule has 7 heteroatoms. The average Bonchev–Trinajstić information content (AvgIpc) is 2.77. The van der Waals surface area contributed by atoms with E-state index in [9.17, 15) is 19.7 Å². The molecule has 30 heavy (non-hydrogen) atoms. The summed E-state index contributed by atoms with van der Waals surface area (Å²) in [7, 11) is 1.56. The van der Waals surface area contributed by atoms with Gasteiger partial charge in [-0.05, 0) is 36.2 Å². The Balaban J connectivity index is 1.88.